The van der Waals surface area contributed by atoms with Crippen molar-refractivity contribution in [1.29, 1.82) is 0 Å². The van der Waals surface area contributed by atoms with Gasteiger partial charge in [0, 0.05) is 19.2 Å². The van der Waals surface area contributed by atoms with Crippen molar-refractivity contribution in [2.24, 2.45) is 0 Å². The Kier molecular flexibility index (Phi) is 6.49. The van der Waals surface area contributed by atoms with Crippen LogP contribution in [0.1, 0.15) is 49.2 Å². The van der Waals surface area contributed by atoms with E-state index in [1.807, 2.05) is 4.90 Å². The molecule has 0 aliphatic carbocycles. The average molecular weight is 284 g/mol. The summed E-state index contributed by atoms with van der Waals surface area (Å²) < 4.78 is 0. The Morgan fingerprint density at radius 1 is 1.32 bits per heavy atom. The van der Waals surface area contributed by atoms with Gasteiger partial charge in [0.1, 0.15) is 0 Å². The van der Waals surface area contributed by atoms with Gasteiger partial charge in [-0.15, -0.1) is 11.3 Å². The van der Waals surface area contributed by atoms with Crippen molar-refractivity contribution < 1.29 is 9.72 Å². The van der Waals surface area contributed by atoms with Crippen molar-refractivity contribution in [2.45, 2.75) is 39.5 Å². The summed E-state index contributed by atoms with van der Waals surface area (Å²) in [5, 5.41) is 11.7. The van der Waals surface area contributed by atoms with Crippen molar-refractivity contribution in [3.8, 4) is 0 Å². The summed E-state index contributed by atoms with van der Waals surface area (Å²) in [5.41, 5.74) is 0.0549. The van der Waals surface area contributed by atoms with Gasteiger partial charge in [0.2, 0.25) is 0 Å². The minimum atomic E-state index is -0.399. The van der Waals surface area contributed by atoms with Gasteiger partial charge in [0.15, 0.2) is 11.3 Å². The fourth-order valence-corrected chi connectivity index (χ4v) is 2.81. The van der Waals surface area contributed by atoms with E-state index in [1.165, 1.54) is 17.4 Å². The second kappa shape index (κ2) is 7.89. The number of anilines is 1. The van der Waals surface area contributed by atoms with Gasteiger partial charge in [-0.05, 0) is 12.8 Å². The molecule has 0 aliphatic heterocycles. The maximum absolute atomic E-state index is 11.1. The summed E-state index contributed by atoms with van der Waals surface area (Å²) in [6, 6.07) is 1.37. The summed E-state index contributed by atoms with van der Waals surface area (Å²) in [7, 11) is 0. The molecular formula is C13H20N2O3S. The molecule has 5 nitrogen and oxygen atoms in total. The lowest BCUT2D eigenvalue weighted by Crippen LogP contribution is -2.25. The zero-order valence-electron chi connectivity index (χ0n) is 11.4. The molecule has 0 aliphatic rings. The summed E-state index contributed by atoms with van der Waals surface area (Å²) in [5.74, 6) is 0. The molecule has 1 aromatic rings. The van der Waals surface area contributed by atoms with E-state index in [2.05, 4.69) is 13.8 Å². The maximum atomic E-state index is 11.1. The van der Waals surface area contributed by atoms with Gasteiger partial charge in [-0.3, -0.25) is 14.9 Å². The van der Waals surface area contributed by atoms with E-state index in [-0.39, 0.29) is 5.69 Å². The number of nitro groups is 1. The summed E-state index contributed by atoms with van der Waals surface area (Å²) >= 11 is 1.21. The third kappa shape index (κ3) is 4.31. The molecule has 6 heteroatoms. The van der Waals surface area contributed by atoms with Gasteiger partial charge in [-0.2, -0.15) is 0 Å². The molecule has 1 aromatic heterocycles. The van der Waals surface area contributed by atoms with Crippen molar-refractivity contribution in [2.75, 3.05) is 18.0 Å². The highest BCUT2D eigenvalue weighted by molar-refractivity contribution is 7.18. The molecule has 0 aromatic carbocycles. The van der Waals surface area contributed by atoms with Crippen LogP contribution >= 0.6 is 11.3 Å². The van der Waals surface area contributed by atoms with Crippen LogP contribution in [0.2, 0.25) is 0 Å². The van der Waals surface area contributed by atoms with E-state index < -0.39 is 4.92 Å². The van der Waals surface area contributed by atoms with Crippen LogP contribution in [0.15, 0.2) is 6.07 Å². The highest BCUT2D eigenvalue weighted by Crippen LogP contribution is 2.37. The number of rotatable bonds is 9. The number of hydrogen-bond acceptors (Lipinski definition) is 5. The number of unbranched alkanes of at least 4 members (excludes halogenated alkanes) is 2. The Hall–Kier alpha value is -1.43. The molecule has 106 valence electrons. The van der Waals surface area contributed by atoms with Crippen LogP contribution in [-0.2, 0) is 0 Å². The van der Waals surface area contributed by atoms with E-state index in [1.54, 1.807) is 0 Å². The van der Waals surface area contributed by atoms with Gasteiger partial charge in [0.25, 0.3) is 0 Å². The number of hydrogen-bond donors (Lipinski definition) is 0. The molecule has 0 unspecified atom stereocenters. The minimum Gasteiger partial charge on any atom is -0.358 e. The summed E-state index contributed by atoms with van der Waals surface area (Å²) in [6.45, 7) is 5.79. The molecule has 19 heavy (non-hydrogen) atoms. The lowest BCUT2D eigenvalue weighted by atomic mass is 10.2. The molecular weight excluding hydrogens is 264 g/mol. The van der Waals surface area contributed by atoms with Crippen molar-refractivity contribution in [3.05, 3.63) is 21.1 Å². The second-order valence-electron chi connectivity index (χ2n) is 4.41. The molecule has 0 fully saturated rings. The first-order valence-corrected chi connectivity index (χ1v) is 7.44. The highest BCUT2D eigenvalue weighted by atomic mass is 32.1. The van der Waals surface area contributed by atoms with Gasteiger partial charge in [-0.25, -0.2) is 0 Å². The first kappa shape index (κ1) is 15.6. The van der Waals surface area contributed by atoms with Gasteiger partial charge in [-0.1, -0.05) is 26.7 Å². The monoisotopic (exact) mass is 284 g/mol. The lowest BCUT2D eigenvalue weighted by molar-refractivity contribution is -0.383. The molecule has 0 radical (unpaired) electrons. The number of nitrogens with zero attached hydrogens (tertiary/aromatic N) is 2. The van der Waals surface area contributed by atoms with Crippen LogP contribution in [0, 0.1) is 10.1 Å². The zero-order valence-corrected chi connectivity index (χ0v) is 12.2. The van der Waals surface area contributed by atoms with Crippen LogP contribution in [0.5, 0.6) is 0 Å². The van der Waals surface area contributed by atoms with Crippen LogP contribution in [0.4, 0.5) is 10.7 Å². The first-order valence-electron chi connectivity index (χ1n) is 6.62. The quantitative estimate of drug-likeness (QED) is 0.392. The maximum Gasteiger partial charge on any atom is 0.304 e. The van der Waals surface area contributed by atoms with E-state index in [0.717, 1.165) is 38.8 Å². The summed E-state index contributed by atoms with van der Waals surface area (Å²) in [6.07, 6.45) is 4.76. The molecule has 0 saturated carbocycles. The SMILES string of the molecule is CCCCN(CCCC)c1sc(C=O)cc1[N+](=O)[O-]. The average Bonchev–Trinajstić information content (AvgIpc) is 2.83. The second-order valence-corrected chi connectivity index (χ2v) is 5.47. The lowest BCUT2D eigenvalue weighted by Gasteiger charge is -2.22. The third-order valence-electron chi connectivity index (χ3n) is 2.88. The Morgan fingerprint density at radius 3 is 2.32 bits per heavy atom. The molecule has 0 atom stereocenters. The van der Waals surface area contributed by atoms with Crippen LogP contribution in [-0.4, -0.2) is 24.3 Å². The van der Waals surface area contributed by atoms with Crippen LogP contribution in [0.25, 0.3) is 0 Å². The number of thiophene rings is 1. The molecule has 0 bridgehead atoms. The van der Waals surface area contributed by atoms with Gasteiger partial charge in [0.05, 0.1) is 9.80 Å². The Labute approximate surface area is 117 Å². The molecule has 1 rings (SSSR count). The van der Waals surface area contributed by atoms with Crippen molar-refractivity contribution in [3.63, 3.8) is 0 Å². The standard InChI is InChI=1S/C13H20N2O3S/c1-3-5-7-14(8-6-4-2)13-12(15(17)18)9-11(10-16)19-13/h9-10H,3-8H2,1-2H3. The number of carbonyl (C=O) groups excluding carboxylic acids is 1. The van der Waals surface area contributed by atoms with Crippen LogP contribution in [0.3, 0.4) is 0 Å². The first-order chi connectivity index (χ1) is 9.13. The normalized spacial score (nSPS) is 10.4. The van der Waals surface area contributed by atoms with E-state index in [9.17, 15) is 14.9 Å². The highest BCUT2D eigenvalue weighted by Gasteiger charge is 2.23. The predicted octanol–water partition coefficient (Wildman–Crippen LogP) is 3.88. The van der Waals surface area contributed by atoms with E-state index in [4.69, 9.17) is 0 Å². The van der Waals surface area contributed by atoms with Crippen molar-refractivity contribution in [1.82, 2.24) is 0 Å². The Bertz CT molecular complexity index is 424. The number of carbonyl (C=O) groups is 1. The molecule has 1 heterocycles. The minimum absolute atomic E-state index is 0.0549. The zero-order chi connectivity index (χ0) is 14.3. The summed E-state index contributed by atoms with van der Waals surface area (Å²) in [4.78, 5) is 23.9. The van der Waals surface area contributed by atoms with Gasteiger partial charge >= 0.3 is 5.69 Å². The smallest absolute Gasteiger partial charge is 0.304 e. The Morgan fingerprint density at radius 2 is 1.89 bits per heavy atom. The van der Waals surface area contributed by atoms with E-state index in [0.29, 0.717) is 16.2 Å². The fourth-order valence-electron chi connectivity index (χ4n) is 1.82. The molecule has 0 N–H and O–H groups in total. The third-order valence-corrected chi connectivity index (χ3v) is 3.99. The fraction of sp³-hybridized carbons (Fsp3) is 0.615. The Balaban J connectivity index is 3.00. The molecule has 0 saturated heterocycles. The predicted molar refractivity (Wildman–Crippen MR) is 78.4 cm³/mol. The topological polar surface area (TPSA) is 63.5 Å². The van der Waals surface area contributed by atoms with Crippen molar-refractivity contribution >= 4 is 28.3 Å². The number of aldehydes is 1. The largest absolute Gasteiger partial charge is 0.358 e. The molecule has 0 spiro atoms. The van der Waals surface area contributed by atoms with Crippen LogP contribution < -0.4 is 4.90 Å². The van der Waals surface area contributed by atoms with E-state index >= 15 is 0 Å². The molecule has 0 amide bonds. The van der Waals surface area contributed by atoms with Gasteiger partial charge < -0.3 is 4.90 Å².